The first kappa shape index (κ1) is 19.8. The molecule has 0 unspecified atom stereocenters. The molecule has 6 nitrogen and oxygen atoms in total. The van der Waals surface area contributed by atoms with Crippen LogP contribution in [0.15, 0.2) is 24.3 Å². The average molecular weight is 341 g/mol. The Labute approximate surface area is 113 Å². The van der Waals surface area contributed by atoms with Gasteiger partial charge in [-0.3, -0.25) is 0 Å². The second-order valence-electron chi connectivity index (χ2n) is 2.19. The fraction of sp³-hybridized carbons (Fsp3) is 0. The minimum absolute atomic E-state index is 0. The van der Waals surface area contributed by atoms with Gasteiger partial charge in [-0.1, -0.05) is 0 Å². The van der Waals surface area contributed by atoms with Crippen LogP contribution in [0.3, 0.4) is 0 Å². The number of rotatable bonds is 2. The van der Waals surface area contributed by atoms with E-state index in [0.29, 0.717) is 0 Å². The van der Waals surface area contributed by atoms with Gasteiger partial charge < -0.3 is 21.2 Å². The fourth-order valence-corrected chi connectivity index (χ4v) is 0.755. The quantitative estimate of drug-likeness (QED) is 0.744. The van der Waals surface area contributed by atoms with E-state index in [-0.39, 0.29) is 57.7 Å². The molecule has 0 saturated heterocycles. The van der Waals surface area contributed by atoms with Gasteiger partial charge in [0.1, 0.15) is 0 Å². The largest absolute Gasteiger partial charge is 0.478 e. The van der Waals surface area contributed by atoms with E-state index in [1.54, 1.807) is 0 Å². The van der Waals surface area contributed by atoms with Gasteiger partial charge in [0.15, 0.2) is 0 Å². The molecular formula is C8H10LaO6. The van der Waals surface area contributed by atoms with Gasteiger partial charge >= 0.3 is 11.9 Å². The standard InChI is InChI=1S/C8H6O4.La.2H2O/c9-7(10)5-1-2-6(4-3-5)8(11)12;;;/h1-4H,(H,9,10)(H,11,12);;2*1H2. The topological polar surface area (TPSA) is 138 Å². The van der Waals surface area contributed by atoms with Gasteiger partial charge in [-0.05, 0) is 24.3 Å². The molecule has 0 amide bonds. The molecule has 7 heteroatoms. The molecule has 0 heterocycles. The summed E-state index contributed by atoms with van der Waals surface area (Å²) in [6.45, 7) is 0. The smallest absolute Gasteiger partial charge is 0.335 e. The number of carboxylic acid groups (broad SMARTS) is 2. The Kier molecular flexibility index (Phi) is 11.3. The van der Waals surface area contributed by atoms with Crippen LogP contribution in [-0.2, 0) is 0 Å². The van der Waals surface area contributed by atoms with E-state index in [2.05, 4.69) is 0 Å². The van der Waals surface area contributed by atoms with Gasteiger partial charge in [0.25, 0.3) is 0 Å². The average Bonchev–Trinajstić information content (AvgIpc) is 2.04. The van der Waals surface area contributed by atoms with Crippen molar-refractivity contribution in [3.05, 3.63) is 35.4 Å². The molecule has 1 radical (unpaired) electrons. The third-order valence-electron chi connectivity index (χ3n) is 1.38. The van der Waals surface area contributed by atoms with Crippen LogP contribution in [0.4, 0.5) is 0 Å². The normalized spacial score (nSPS) is 7.47. The van der Waals surface area contributed by atoms with E-state index in [0.717, 1.165) is 0 Å². The van der Waals surface area contributed by atoms with Crippen LogP contribution in [-0.4, -0.2) is 33.1 Å². The maximum absolute atomic E-state index is 10.3. The molecule has 81 valence electrons. The van der Waals surface area contributed by atoms with Gasteiger partial charge in [0.05, 0.1) is 11.1 Å². The van der Waals surface area contributed by atoms with E-state index in [1.165, 1.54) is 24.3 Å². The van der Waals surface area contributed by atoms with Crippen molar-refractivity contribution in [2.45, 2.75) is 0 Å². The van der Waals surface area contributed by atoms with Crippen molar-refractivity contribution >= 4 is 11.9 Å². The molecule has 6 N–H and O–H groups in total. The number of carbonyl (C=O) groups is 2. The number of hydrogen-bond donors (Lipinski definition) is 2. The molecular weight excluding hydrogens is 331 g/mol. The Balaban J connectivity index is -0.000000480. The van der Waals surface area contributed by atoms with Gasteiger partial charge in [0.2, 0.25) is 0 Å². The Morgan fingerprint density at radius 3 is 1.13 bits per heavy atom. The molecule has 1 rings (SSSR count). The first-order valence-electron chi connectivity index (χ1n) is 3.18. The van der Waals surface area contributed by atoms with Crippen molar-refractivity contribution in [2.75, 3.05) is 0 Å². The molecule has 0 spiro atoms. The van der Waals surface area contributed by atoms with Gasteiger partial charge in [-0.15, -0.1) is 0 Å². The monoisotopic (exact) mass is 341 g/mol. The van der Waals surface area contributed by atoms with Crippen LogP contribution in [0.2, 0.25) is 0 Å². The van der Waals surface area contributed by atoms with Crippen LogP contribution in [0.1, 0.15) is 20.7 Å². The summed E-state index contributed by atoms with van der Waals surface area (Å²) >= 11 is 0. The number of hydrogen-bond acceptors (Lipinski definition) is 2. The molecule has 0 fully saturated rings. The molecule has 0 aliphatic heterocycles. The van der Waals surface area contributed by atoms with E-state index < -0.39 is 11.9 Å². The molecule has 0 aliphatic rings. The van der Waals surface area contributed by atoms with Crippen LogP contribution in [0, 0.1) is 35.6 Å². The van der Waals surface area contributed by atoms with Crippen molar-refractivity contribution in [1.82, 2.24) is 0 Å². The summed E-state index contributed by atoms with van der Waals surface area (Å²) in [7, 11) is 0. The zero-order chi connectivity index (χ0) is 9.14. The minimum atomic E-state index is -1.06. The van der Waals surface area contributed by atoms with Crippen molar-refractivity contribution < 1.29 is 66.4 Å². The molecule has 1 aromatic rings. The summed E-state index contributed by atoms with van der Waals surface area (Å²) in [5.74, 6) is -2.13. The van der Waals surface area contributed by atoms with Crippen LogP contribution < -0.4 is 0 Å². The van der Waals surface area contributed by atoms with Crippen molar-refractivity contribution in [2.24, 2.45) is 0 Å². The second kappa shape index (κ2) is 8.57. The second-order valence-corrected chi connectivity index (χ2v) is 2.19. The number of aromatic carboxylic acids is 2. The zero-order valence-electron chi connectivity index (χ0n) is 7.60. The molecule has 0 bridgehead atoms. The fourth-order valence-electron chi connectivity index (χ4n) is 0.755. The maximum atomic E-state index is 10.3. The van der Waals surface area contributed by atoms with Crippen molar-refractivity contribution in [3.63, 3.8) is 0 Å². The molecule has 1 aromatic carbocycles. The Morgan fingerprint density at radius 1 is 0.800 bits per heavy atom. The van der Waals surface area contributed by atoms with Gasteiger partial charge in [-0.2, -0.15) is 0 Å². The zero-order valence-corrected chi connectivity index (χ0v) is 11.2. The Hall–Kier alpha value is -0.725. The number of carboxylic acids is 2. The summed E-state index contributed by atoms with van der Waals surface area (Å²) in [6, 6.07) is 5.02. The van der Waals surface area contributed by atoms with E-state index in [4.69, 9.17) is 10.2 Å². The van der Waals surface area contributed by atoms with Gasteiger partial charge in [-0.25, -0.2) is 9.59 Å². The third kappa shape index (κ3) is 5.65. The molecule has 0 saturated carbocycles. The summed E-state index contributed by atoms with van der Waals surface area (Å²) in [5, 5.41) is 16.9. The van der Waals surface area contributed by atoms with Crippen LogP contribution in [0.5, 0.6) is 0 Å². The third-order valence-corrected chi connectivity index (χ3v) is 1.38. The predicted molar refractivity (Wildman–Crippen MR) is 47.6 cm³/mol. The molecule has 0 aromatic heterocycles. The minimum Gasteiger partial charge on any atom is -0.478 e. The van der Waals surface area contributed by atoms with E-state index in [9.17, 15) is 9.59 Å². The van der Waals surface area contributed by atoms with Gasteiger partial charge in [0, 0.05) is 35.6 Å². The summed E-state index contributed by atoms with van der Waals surface area (Å²) in [6.07, 6.45) is 0. The summed E-state index contributed by atoms with van der Waals surface area (Å²) in [5.41, 5.74) is 0.167. The Bertz CT molecular complexity index is 287. The first-order valence-corrected chi connectivity index (χ1v) is 3.18. The van der Waals surface area contributed by atoms with Crippen LogP contribution >= 0.6 is 0 Å². The predicted octanol–water partition coefficient (Wildman–Crippen LogP) is -0.566. The van der Waals surface area contributed by atoms with Crippen molar-refractivity contribution in [1.29, 1.82) is 0 Å². The maximum Gasteiger partial charge on any atom is 0.335 e. The van der Waals surface area contributed by atoms with E-state index in [1.807, 2.05) is 0 Å². The first-order chi connectivity index (χ1) is 5.61. The van der Waals surface area contributed by atoms with Crippen molar-refractivity contribution in [3.8, 4) is 0 Å². The van der Waals surface area contributed by atoms with E-state index >= 15 is 0 Å². The molecule has 15 heavy (non-hydrogen) atoms. The SMILES string of the molecule is O.O.O=C(O)c1ccc(C(=O)O)cc1.[La]. The number of benzene rings is 1. The molecule has 0 atom stereocenters. The van der Waals surface area contributed by atoms with Crippen LogP contribution in [0.25, 0.3) is 0 Å². The summed E-state index contributed by atoms with van der Waals surface area (Å²) in [4.78, 5) is 20.7. The Morgan fingerprint density at radius 2 is 1.00 bits per heavy atom. The molecule has 0 aliphatic carbocycles. The summed E-state index contributed by atoms with van der Waals surface area (Å²) < 4.78 is 0.